The Hall–Kier alpha value is -2.36. The second kappa shape index (κ2) is 7.57. The lowest BCUT2D eigenvalue weighted by molar-refractivity contribution is -0.141. The Morgan fingerprint density at radius 3 is 2.39 bits per heavy atom. The Kier molecular flexibility index (Phi) is 5.13. The molecule has 10 heteroatoms. The van der Waals surface area contributed by atoms with E-state index in [1.807, 2.05) is 10.9 Å². The van der Waals surface area contributed by atoms with E-state index >= 15 is 0 Å². The van der Waals surface area contributed by atoms with E-state index in [2.05, 4.69) is 15.5 Å². The van der Waals surface area contributed by atoms with E-state index in [9.17, 15) is 18.0 Å². The van der Waals surface area contributed by atoms with Gasteiger partial charge in [0.2, 0.25) is 0 Å². The lowest BCUT2D eigenvalue weighted by Crippen LogP contribution is -2.39. The average Bonchev–Trinajstić information content (AvgIpc) is 3.38. The summed E-state index contributed by atoms with van der Waals surface area (Å²) in [5.74, 6) is -0.127. The van der Waals surface area contributed by atoms with Crippen LogP contribution in [0.5, 0.6) is 0 Å². The molecule has 152 valence electrons. The zero-order valence-electron chi connectivity index (χ0n) is 15.4. The highest BCUT2D eigenvalue weighted by atomic mass is 19.4. The van der Waals surface area contributed by atoms with Crippen LogP contribution in [-0.2, 0) is 6.18 Å². The molecular weight excluding hydrogens is 373 g/mol. The van der Waals surface area contributed by atoms with Gasteiger partial charge >= 0.3 is 6.18 Å². The molecule has 2 aliphatic heterocycles. The van der Waals surface area contributed by atoms with Crippen molar-refractivity contribution in [3.63, 3.8) is 0 Å². The van der Waals surface area contributed by atoms with Crippen molar-refractivity contribution in [2.75, 3.05) is 26.2 Å². The zero-order valence-corrected chi connectivity index (χ0v) is 15.4. The summed E-state index contributed by atoms with van der Waals surface area (Å²) in [5.41, 5.74) is -0.462. The number of hydrogen-bond acceptors (Lipinski definition) is 4. The summed E-state index contributed by atoms with van der Waals surface area (Å²) in [5, 5.41) is 11.4. The number of piperidine rings is 2. The van der Waals surface area contributed by atoms with Crippen molar-refractivity contribution in [1.29, 1.82) is 0 Å². The van der Waals surface area contributed by atoms with E-state index in [0.29, 0.717) is 31.6 Å². The largest absolute Gasteiger partial charge is 0.435 e. The first-order valence-corrected chi connectivity index (χ1v) is 9.59. The van der Waals surface area contributed by atoms with Gasteiger partial charge in [-0.2, -0.15) is 23.4 Å². The highest BCUT2D eigenvalue weighted by Crippen LogP contribution is 2.30. The summed E-state index contributed by atoms with van der Waals surface area (Å²) >= 11 is 0. The molecule has 1 unspecified atom stereocenters. The molecule has 0 bridgehead atoms. The maximum atomic E-state index is 12.7. The fraction of sp³-hybridized carbons (Fsp3) is 0.611. The van der Waals surface area contributed by atoms with Crippen LogP contribution in [0.15, 0.2) is 24.5 Å². The van der Waals surface area contributed by atoms with E-state index < -0.39 is 11.9 Å². The summed E-state index contributed by atoms with van der Waals surface area (Å²) in [6.45, 7) is 2.81. The maximum Gasteiger partial charge on any atom is 0.435 e. The van der Waals surface area contributed by atoms with Gasteiger partial charge in [0.15, 0.2) is 5.69 Å². The number of nitrogens with zero attached hydrogens (tertiary/aromatic N) is 5. The zero-order chi connectivity index (χ0) is 19.7. The van der Waals surface area contributed by atoms with Crippen molar-refractivity contribution in [3.05, 3.63) is 35.9 Å². The first-order chi connectivity index (χ1) is 13.4. The summed E-state index contributed by atoms with van der Waals surface area (Å²) < 4.78 is 41.4. The Labute approximate surface area is 160 Å². The summed E-state index contributed by atoms with van der Waals surface area (Å²) in [6, 6.07) is 2.87. The standard InChI is InChI=1S/C18H23F3N6O/c19-18(20,21)16-6-11-26(24-16)13-3-8-25(9-4-13)17(28)15-5-10-27(23-15)14-2-1-7-22-12-14/h5-6,10-11,13-14,22H,1-4,7-9,12H2. The van der Waals surface area contributed by atoms with Gasteiger partial charge in [0.1, 0.15) is 5.69 Å². The second-order valence-electron chi connectivity index (χ2n) is 7.38. The van der Waals surface area contributed by atoms with Crippen LogP contribution >= 0.6 is 0 Å². The fourth-order valence-electron chi connectivity index (χ4n) is 3.90. The van der Waals surface area contributed by atoms with Crippen LogP contribution in [0.1, 0.15) is 53.9 Å². The van der Waals surface area contributed by atoms with Gasteiger partial charge in [0.05, 0.1) is 12.1 Å². The van der Waals surface area contributed by atoms with Crippen LogP contribution in [-0.4, -0.2) is 56.5 Å². The van der Waals surface area contributed by atoms with Gasteiger partial charge in [-0.15, -0.1) is 0 Å². The highest BCUT2D eigenvalue weighted by molar-refractivity contribution is 5.92. The van der Waals surface area contributed by atoms with Crippen molar-refractivity contribution < 1.29 is 18.0 Å². The van der Waals surface area contributed by atoms with Gasteiger partial charge in [-0.25, -0.2) is 0 Å². The van der Waals surface area contributed by atoms with Crippen LogP contribution in [0.4, 0.5) is 13.2 Å². The summed E-state index contributed by atoms with van der Waals surface area (Å²) in [7, 11) is 0. The molecule has 2 fully saturated rings. The van der Waals surface area contributed by atoms with Crippen molar-refractivity contribution >= 4 is 5.91 Å². The molecule has 1 atom stereocenters. The van der Waals surface area contributed by atoms with Crippen LogP contribution in [0.3, 0.4) is 0 Å². The molecule has 0 saturated carbocycles. The Balaban J connectivity index is 1.35. The first kappa shape index (κ1) is 19.0. The number of rotatable bonds is 3. The predicted octanol–water partition coefficient (Wildman–Crippen LogP) is 2.50. The molecule has 0 radical (unpaired) electrons. The SMILES string of the molecule is O=C(c1ccn(C2CCCNC2)n1)N1CCC(n2ccc(C(F)(F)F)n2)CC1. The van der Waals surface area contributed by atoms with Gasteiger partial charge in [-0.1, -0.05) is 0 Å². The van der Waals surface area contributed by atoms with Crippen LogP contribution < -0.4 is 5.32 Å². The minimum atomic E-state index is -4.44. The van der Waals surface area contributed by atoms with Gasteiger partial charge in [0.25, 0.3) is 5.91 Å². The van der Waals surface area contributed by atoms with Gasteiger partial charge in [0, 0.05) is 32.0 Å². The van der Waals surface area contributed by atoms with Crippen molar-refractivity contribution in [2.24, 2.45) is 0 Å². The molecule has 4 heterocycles. The van der Waals surface area contributed by atoms with Crippen LogP contribution in [0.2, 0.25) is 0 Å². The van der Waals surface area contributed by atoms with E-state index in [4.69, 9.17) is 0 Å². The van der Waals surface area contributed by atoms with E-state index in [0.717, 1.165) is 32.0 Å². The van der Waals surface area contributed by atoms with Crippen molar-refractivity contribution in [3.8, 4) is 0 Å². The molecule has 2 aromatic rings. The van der Waals surface area contributed by atoms with Crippen LogP contribution in [0, 0.1) is 0 Å². The number of hydrogen-bond donors (Lipinski definition) is 1. The molecule has 1 N–H and O–H groups in total. The van der Waals surface area contributed by atoms with Gasteiger partial charge in [-0.3, -0.25) is 14.2 Å². The molecule has 2 aromatic heterocycles. The van der Waals surface area contributed by atoms with Gasteiger partial charge < -0.3 is 10.2 Å². The lowest BCUT2D eigenvalue weighted by atomic mass is 10.1. The van der Waals surface area contributed by atoms with Crippen molar-refractivity contribution in [2.45, 2.75) is 43.9 Å². The Bertz CT molecular complexity index is 815. The fourth-order valence-corrected chi connectivity index (χ4v) is 3.90. The number of amides is 1. The third-order valence-corrected chi connectivity index (χ3v) is 5.50. The second-order valence-corrected chi connectivity index (χ2v) is 7.38. The first-order valence-electron chi connectivity index (χ1n) is 9.59. The predicted molar refractivity (Wildman–Crippen MR) is 94.8 cm³/mol. The summed E-state index contributed by atoms with van der Waals surface area (Å²) in [6.07, 6.45) is 2.04. The molecule has 28 heavy (non-hydrogen) atoms. The minimum absolute atomic E-state index is 0.127. The van der Waals surface area contributed by atoms with E-state index in [1.54, 1.807) is 11.0 Å². The van der Waals surface area contributed by atoms with Crippen LogP contribution in [0.25, 0.3) is 0 Å². The number of carbonyl (C=O) groups is 1. The quantitative estimate of drug-likeness (QED) is 0.866. The lowest BCUT2D eigenvalue weighted by Gasteiger charge is -2.31. The Morgan fingerprint density at radius 1 is 1.04 bits per heavy atom. The third-order valence-electron chi connectivity index (χ3n) is 5.50. The smallest absolute Gasteiger partial charge is 0.337 e. The monoisotopic (exact) mass is 396 g/mol. The number of carbonyl (C=O) groups excluding carboxylic acids is 1. The molecule has 2 saturated heterocycles. The molecule has 0 spiro atoms. The molecule has 2 aliphatic rings. The summed E-state index contributed by atoms with van der Waals surface area (Å²) in [4.78, 5) is 14.5. The van der Waals surface area contributed by atoms with Crippen molar-refractivity contribution in [1.82, 2.24) is 29.8 Å². The molecule has 0 aromatic carbocycles. The average molecular weight is 396 g/mol. The van der Waals surface area contributed by atoms with Gasteiger partial charge in [-0.05, 0) is 44.4 Å². The third kappa shape index (κ3) is 3.91. The Morgan fingerprint density at radius 2 is 1.75 bits per heavy atom. The molecule has 7 nitrogen and oxygen atoms in total. The molecule has 4 rings (SSSR count). The number of nitrogens with one attached hydrogen (secondary N) is 1. The number of alkyl halides is 3. The van der Waals surface area contributed by atoms with E-state index in [-0.39, 0.29) is 18.0 Å². The number of halogens is 3. The number of likely N-dealkylation sites (tertiary alicyclic amines) is 1. The normalized spacial score (nSPS) is 21.8. The highest BCUT2D eigenvalue weighted by Gasteiger charge is 2.35. The topological polar surface area (TPSA) is 68.0 Å². The molecule has 1 amide bonds. The minimum Gasteiger partial charge on any atom is -0.337 e. The number of aromatic nitrogens is 4. The van der Waals surface area contributed by atoms with E-state index in [1.165, 1.54) is 10.9 Å². The molecular formula is C18H23F3N6O. The maximum absolute atomic E-state index is 12.7. The molecule has 0 aliphatic carbocycles.